The molecule has 2 N–H and O–H groups in total. The van der Waals surface area contributed by atoms with E-state index in [2.05, 4.69) is 6.92 Å². The van der Waals surface area contributed by atoms with Crippen molar-refractivity contribution in [1.82, 2.24) is 0 Å². The van der Waals surface area contributed by atoms with Gasteiger partial charge in [0.2, 0.25) is 0 Å². The third-order valence-electron chi connectivity index (χ3n) is 6.84. The van der Waals surface area contributed by atoms with Crippen molar-refractivity contribution in [2.75, 3.05) is 48.1 Å². The molecule has 0 aliphatic heterocycles. The van der Waals surface area contributed by atoms with E-state index in [1.54, 1.807) is 7.11 Å². The van der Waals surface area contributed by atoms with Crippen LogP contribution in [0.25, 0.3) is 0 Å². The molecule has 0 bridgehead atoms. The number of ether oxygens (including phenoxy) is 2. The average molecular weight is 525 g/mol. The van der Waals surface area contributed by atoms with Crippen LogP contribution in [-0.2, 0) is 18.6 Å². The van der Waals surface area contributed by atoms with Crippen LogP contribution in [0.3, 0.4) is 0 Å². The standard InChI is InChI=1S/C27H58NO6P/c1-6-7-8-9-10-11-12-13-14-15-16-17-18-19-20-21-22-33-25-27(32-5)23-26(28(2,3)4)24-34-35(29,30)31/h26-27H,6-25H2,1-5H3,(H-,29,30,31)/p+1. The normalized spacial score (nSPS) is 14.4. The van der Waals surface area contributed by atoms with Gasteiger partial charge in [-0.15, -0.1) is 0 Å². The van der Waals surface area contributed by atoms with Crippen LogP contribution in [0.15, 0.2) is 0 Å². The molecule has 0 fully saturated rings. The summed E-state index contributed by atoms with van der Waals surface area (Å²) in [6.07, 6.45) is 22.2. The molecular weight excluding hydrogens is 465 g/mol. The number of nitrogens with zero attached hydrogens (tertiary/aromatic N) is 1. The smallest absolute Gasteiger partial charge is 0.379 e. The van der Waals surface area contributed by atoms with Crippen LogP contribution in [0.1, 0.15) is 116 Å². The molecule has 0 heterocycles. The second kappa shape index (κ2) is 22.0. The highest BCUT2D eigenvalue weighted by atomic mass is 31.2. The number of phosphoric ester groups is 1. The van der Waals surface area contributed by atoms with Crippen molar-refractivity contribution < 1.29 is 32.8 Å². The molecule has 0 saturated heterocycles. The van der Waals surface area contributed by atoms with Crippen LogP contribution >= 0.6 is 7.82 Å². The van der Waals surface area contributed by atoms with E-state index in [1.807, 2.05) is 21.1 Å². The number of hydrogen-bond donors (Lipinski definition) is 2. The summed E-state index contributed by atoms with van der Waals surface area (Å²) in [6, 6.07) is -0.105. The maximum atomic E-state index is 11.1. The molecule has 0 aliphatic rings. The van der Waals surface area contributed by atoms with E-state index >= 15 is 0 Å². The van der Waals surface area contributed by atoms with E-state index in [4.69, 9.17) is 23.8 Å². The molecule has 0 aromatic heterocycles. The molecule has 0 aromatic rings. The topological polar surface area (TPSA) is 85.2 Å². The Labute approximate surface area is 217 Å². The van der Waals surface area contributed by atoms with Gasteiger partial charge in [0.15, 0.2) is 0 Å². The summed E-state index contributed by atoms with van der Waals surface area (Å²) in [7, 11) is 3.12. The van der Waals surface area contributed by atoms with Crippen LogP contribution in [0.4, 0.5) is 0 Å². The summed E-state index contributed by atoms with van der Waals surface area (Å²) in [5.74, 6) is 0. The second-order valence-electron chi connectivity index (χ2n) is 11.0. The lowest BCUT2D eigenvalue weighted by Gasteiger charge is -2.35. The van der Waals surface area contributed by atoms with E-state index in [9.17, 15) is 4.57 Å². The minimum Gasteiger partial charge on any atom is -0.379 e. The van der Waals surface area contributed by atoms with Crippen molar-refractivity contribution in [3.8, 4) is 0 Å². The monoisotopic (exact) mass is 524 g/mol. The maximum absolute atomic E-state index is 11.1. The minimum atomic E-state index is -4.48. The van der Waals surface area contributed by atoms with Gasteiger partial charge in [-0.05, 0) is 6.42 Å². The SMILES string of the molecule is CCCCCCCCCCCCCCCCCCOCC(CC(COP(=O)(O)O)[N+](C)(C)C)OC. The number of unbranched alkanes of at least 4 members (excludes halogenated alkanes) is 15. The molecule has 0 radical (unpaired) electrons. The zero-order valence-corrected chi connectivity index (χ0v) is 24.6. The first-order valence-corrected chi connectivity index (χ1v) is 15.7. The van der Waals surface area contributed by atoms with E-state index in [0.29, 0.717) is 17.5 Å². The zero-order valence-electron chi connectivity index (χ0n) is 23.7. The van der Waals surface area contributed by atoms with Crippen molar-refractivity contribution in [1.29, 1.82) is 0 Å². The Balaban J connectivity index is 3.66. The van der Waals surface area contributed by atoms with Crippen molar-refractivity contribution in [3.05, 3.63) is 0 Å². The average Bonchev–Trinajstić information content (AvgIpc) is 2.78. The second-order valence-corrected chi connectivity index (χ2v) is 12.3. The summed E-state index contributed by atoms with van der Waals surface area (Å²) in [5, 5.41) is 0. The van der Waals surface area contributed by atoms with E-state index in [0.717, 1.165) is 13.0 Å². The van der Waals surface area contributed by atoms with Gasteiger partial charge in [0.1, 0.15) is 12.6 Å². The van der Waals surface area contributed by atoms with Gasteiger partial charge >= 0.3 is 7.82 Å². The van der Waals surface area contributed by atoms with Gasteiger partial charge < -0.3 is 23.7 Å². The molecule has 212 valence electrons. The van der Waals surface area contributed by atoms with Gasteiger partial charge in [0.05, 0.1) is 33.9 Å². The Kier molecular flexibility index (Phi) is 22.0. The summed E-state index contributed by atoms with van der Waals surface area (Å²) < 4.78 is 27.8. The summed E-state index contributed by atoms with van der Waals surface area (Å²) >= 11 is 0. The van der Waals surface area contributed by atoms with E-state index in [-0.39, 0.29) is 18.8 Å². The molecule has 7 nitrogen and oxygen atoms in total. The summed E-state index contributed by atoms with van der Waals surface area (Å²) in [5.41, 5.74) is 0. The van der Waals surface area contributed by atoms with Gasteiger partial charge in [-0.3, -0.25) is 4.52 Å². The quantitative estimate of drug-likeness (QED) is 0.0731. The lowest BCUT2D eigenvalue weighted by Crippen LogP contribution is -2.49. The molecule has 0 aromatic carbocycles. The van der Waals surface area contributed by atoms with Gasteiger partial charge in [0.25, 0.3) is 0 Å². The Morgan fingerprint density at radius 3 is 1.51 bits per heavy atom. The van der Waals surface area contributed by atoms with Gasteiger partial charge in [0, 0.05) is 20.1 Å². The number of phosphoric acid groups is 1. The maximum Gasteiger partial charge on any atom is 0.469 e. The molecule has 2 unspecified atom stereocenters. The van der Waals surface area contributed by atoms with Crippen molar-refractivity contribution >= 4 is 7.82 Å². The number of quaternary nitrogens is 1. The lowest BCUT2D eigenvalue weighted by molar-refractivity contribution is -0.897. The van der Waals surface area contributed by atoms with Gasteiger partial charge in [-0.1, -0.05) is 103 Å². The van der Waals surface area contributed by atoms with Crippen molar-refractivity contribution in [2.24, 2.45) is 0 Å². The largest absolute Gasteiger partial charge is 0.469 e. The third-order valence-corrected chi connectivity index (χ3v) is 7.33. The highest BCUT2D eigenvalue weighted by Gasteiger charge is 2.30. The van der Waals surface area contributed by atoms with Crippen LogP contribution in [-0.4, -0.2) is 74.5 Å². The Morgan fingerprint density at radius 2 is 1.14 bits per heavy atom. The summed E-state index contributed by atoms with van der Waals surface area (Å²) in [6.45, 7) is 3.47. The van der Waals surface area contributed by atoms with Crippen molar-refractivity contribution in [2.45, 2.75) is 128 Å². The van der Waals surface area contributed by atoms with E-state index in [1.165, 1.54) is 96.3 Å². The Bertz CT molecular complexity index is 508. The van der Waals surface area contributed by atoms with Crippen LogP contribution in [0.5, 0.6) is 0 Å². The predicted octanol–water partition coefficient (Wildman–Crippen LogP) is 6.85. The fourth-order valence-electron chi connectivity index (χ4n) is 4.29. The fraction of sp³-hybridized carbons (Fsp3) is 1.00. The van der Waals surface area contributed by atoms with Crippen LogP contribution in [0.2, 0.25) is 0 Å². The van der Waals surface area contributed by atoms with Gasteiger partial charge in [-0.2, -0.15) is 0 Å². The molecule has 0 amide bonds. The molecule has 0 spiro atoms. The van der Waals surface area contributed by atoms with E-state index < -0.39 is 7.82 Å². The minimum absolute atomic E-state index is 0.0211. The molecule has 0 saturated carbocycles. The third kappa shape index (κ3) is 24.1. The van der Waals surface area contributed by atoms with Crippen LogP contribution in [0, 0.1) is 0 Å². The number of methoxy groups -OCH3 is 1. The Morgan fingerprint density at radius 1 is 0.714 bits per heavy atom. The first-order valence-electron chi connectivity index (χ1n) is 14.2. The number of hydrogen-bond acceptors (Lipinski definition) is 4. The highest BCUT2D eigenvalue weighted by molar-refractivity contribution is 7.46. The van der Waals surface area contributed by atoms with Crippen molar-refractivity contribution in [3.63, 3.8) is 0 Å². The molecule has 8 heteroatoms. The number of likely N-dealkylation sites (N-methyl/N-ethyl adjacent to an activating group) is 1. The lowest BCUT2D eigenvalue weighted by atomic mass is 10.0. The van der Waals surface area contributed by atoms with Crippen LogP contribution < -0.4 is 0 Å². The molecule has 2 atom stereocenters. The molecule has 35 heavy (non-hydrogen) atoms. The molecule has 0 rings (SSSR count). The Hall–Kier alpha value is -0.0100. The number of rotatable bonds is 26. The summed E-state index contributed by atoms with van der Waals surface area (Å²) in [4.78, 5) is 18.0. The van der Waals surface area contributed by atoms with Gasteiger partial charge in [-0.25, -0.2) is 4.57 Å². The highest BCUT2D eigenvalue weighted by Crippen LogP contribution is 2.36. The predicted molar refractivity (Wildman–Crippen MR) is 146 cm³/mol. The molecular formula is C27H59NO6P+. The first kappa shape index (κ1) is 35.0. The zero-order chi connectivity index (χ0) is 26.4. The first-order chi connectivity index (χ1) is 16.6. The molecule has 0 aliphatic carbocycles. The fourth-order valence-corrected chi connectivity index (χ4v) is 4.66.